The number of rotatable bonds is 6. The minimum atomic E-state index is -0.299. The van der Waals surface area contributed by atoms with Crippen molar-refractivity contribution in [1.82, 2.24) is 10.2 Å². The third-order valence-corrected chi connectivity index (χ3v) is 3.85. The van der Waals surface area contributed by atoms with Gasteiger partial charge in [-0.2, -0.15) is 0 Å². The molecule has 1 saturated heterocycles. The molecule has 1 N–H and O–H groups in total. The Morgan fingerprint density at radius 3 is 2.70 bits per heavy atom. The van der Waals surface area contributed by atoms with E-state index in [-0.39, 0.29) is 18.0 Å². The SMILES string of the molecule is COc1ccc(CCCOC(=O)N2CCC(NC(C)=O)C2)cc1. The number of benzene rings is 1. The molecule has 1 fully saturated rings. The highest BCUT2D eigenvalue weighted by atomic mass is 16.6. The van der Waals surface area contributed by atoms with E-state index in [0.29, 0.717) is 19.7 Å². The van der Waals surface area contributed by atoms with Crippen molar-refractivity contribution in [3.8, 4) is 5.75 Å². The van der Waals surface area contributed by atoms with E-state index in [1.54, 1.807) is 12.0 Å². The molecule has 0 aliphatic carbocycles. The maximum absolute atomic E-state index is 11.9. The highest BCUT2D eigenvalue weighted by Crippen LogP contribution is 2.13. The summed E-state index contributed by atoms with van der Waals surface area (Å²) in [5, 5.41) is 2.83. The number of nitrogens with one attached hydrogen (secondary N) is 1. The predicted molar refractivity (Wildman–Crippen MR) is 86.5 cm³/mol. The summed E-state index contributed by atoms with van der Waals surface area (Å²) in [4.78, 5) is 24.6. The van der Waals surface area contributed by atoms with E-state index >= 15 is 0 Å². The minimum Gasteiger partial charge on any atom is -0.497 e. The van der Waals surface area contributed by atoms with Crippen molar-refractivity contribution < 1.29 is 19.1 Å². The van der Waals surface area contributed by atoms with E-state index in [0.717, 1.165) is 25.0 Å². The Morgan fingerprint density at radius 1 is 1.30 bits per heavy atom. The van der Waals surface area contributed by atoms with Gasteiger partial charge in [-0.1, -0.05) is 12.1 Å². The number of carbonyl (C=O) groups is 2. The lowest BCUT2D eigenvalue weighted by Gasteiger charge is -2.16. The van der Waals surface area contributed by atoms with E-state index in [2.05, 4.69) is 5.32 Å². The first-order valence-electron chi connectivity index (χ1n) is 7.90. The second kappa shape index (κ2) is 8.41. The lowest BCUT2D eigenvalue weighted by molar-refractivity contribution is -0.119. The largest absolute Gasteiger partial charge is 0.497 e. The molecule has 1 aliphatic heterocycles. The molecule has 23 heavy (non-hydrogen) atoms. The van der Waals surface area contributed by atoms with Crippen LogP contribution in [0.1, 0.15) is 25.3 Å². The van der Waals surface area contributed by atoms with Crippen LogP contribution in [-0.4, -0.2) is 49.7 Å². The topological polar surface area (TPSA) is 67.9 Å². The second-order valence-electron chi connectivity index (χ2n) is 5.70. The van der Waals surface area contributed by atoms with Crippen LogP contribution < -0.4 is 10.1 Å². The first-order chi connectivity index (χ1) is 11.1. The van der Waals surface area contributed by atoms with Gasteiger partial charge in [-0.15, -0.1) is 0 Å². The van der Waals surface area contributed by atoms with Gasteiger partial charge in [0.2, 0.25) is 5.91 Å². The van der Waals surface area contributed by atoms with Crippen LogP contribution in [0.25, 0.3) is 0 Å². The van der Waals surface area contributed by atoms with Crippen molar-refractivity contribution in [3.05, 3.63) is 29.8 Å². The molecule has 1 aliphatic rings. The van der Waals surface area contributed by atoms with Crippen molar-refractivity contribution in [2.75, 3.05) is 26.8 Å². The average Bonchev–Trinajstić information content (AvgIpc) is 2.99. The summed E-state index contributed by atoms with van der Waals surface area (Å²) < 4.78 is 10.4. The Bertz CT molecular complexity index is 530. The normalized spacial score (nSPS) is 17.0. The maximum Gasteiger partial charge on any atom is 0.409 e. The van der Waals surface area contributed by atoms with Gasteiger partial charge in [0.15, 0.2) is 0 Å². The van der Waals surface area contributed by atoms with Gasteiger partial charge in [0.05, 0.1) is 13.7 Å². The molecule has 1 aromatic carbocycles. The Balaban J connectivity index is 1.64. The van der Waals surface area contributed by atoms with Gasteiger partial charge in [-0.25, -0.2) is 4.79 Å². The number of carbonyl (C=O) groups excluding carboxylic acids is 2. The summed E-state index contributed by atoms with van der Waals surface area (Å²) in [5.74, 6) is 0.771. The van der Waals surface area contributed by atoms with Gasteiger partial charge in [0.25, 0.3) is 0 Å². The van der Waals surface area contributed by atoms with E-state index in [1.165, 1.54) is 12.5 Å². The van der Waals surface area contributed by atoms with Crippen LogP contribution in [0.5, 0.6) is 5.75 Å². The van der Waals surface area contributed by atoms with Crippen molar-refractivity contribution in [2.45, 2.75) is 32.2 Å². The predicted octanol–water partition coefficient (Wildman–Crippen LogP) is 1.97. The number of methoxy groups -OCH3 is 1. The Hall–Kier alpha value is -2.24. The fourth-order valence-corrected chi connectivity index (χ4v) is 2.65. The first-order valence-corrected chi connectivity index (χ1v) is 7.90. The zero-order valence-corrected chi connectivity index (χ0v) is 13.7. The average molecular weight is 320 g/mol. The molecule has 0 bridgehead atoms. The monoisotopic (exact) mass is 320 g/mol. The quantitative estimate of drug-likeness (QED) is 0.814. The molecule has 0 radical (unpaired) electrons. The summed E-state index contributed by atoms with van der Waals surface area (Å²) in [6, 6.07) is 7.92. The van der Waals surface area contributed by atoms with E-state index in [1.807, 2.05) is 24.3 Å². The molecule has 6 nitrogen and oxygen atoms in total. The zero-order chi connectivity index (χ0) is 16.7. The van der Waals surface area contributed by atoms with Crippen LogP contribution >= 0.6 is 0 Å². The second-order valence-corrected chi connectivity index (χ2v) is 5.70. The molecule has 6 heteroatoms. The van der Waals surface area contributed by atoms with Gasteiger partial charge < -0.3 is 19.7 Å². The van der Waals surface area contributed by atoms with E-state index < -0.39 is 0 Å². The van der Waals surface area contributed by atoms with Crippen LogP contribution in [-0.2, 0) is 16.0 Å². The number of nitrogens with zero attached hydrogens (tertiary/aromatic N) is 1. The standard InChI is InChI=1S/C17H24N2O4/c1-13(20)18-15-9-10-19(12-15)17(21)23-11-3-4-14-5-7-16(22-2)8-6-14/h5-8,15H,3-4,9-12H2,1-2H3,(H,18,20). The molecule has 1 atom stereocenters. The molecule has 2 amide bonds. The molecule has 2 rings (SSSR count). The van der Waals surface area contributed by atoms with Crippen LogP contribution in [0.3, 0.4) is 0 Å². The lowest BCUT2D eigenvalue weighted by Crippen LogP contribution is -2.37. The third-order valence-electron chi connectivity index (χ3n) is 3.85. The summed E-state index contributed by atoms with van der Waals surface area (Å²) in [5.41, 5.74) is 1.19. The van der Waals surface area contributed by atoms with Gasteiger partial charge in [0.1, 0.15) is 5.75 Å². The molecule has 1 heterocycles. The molecule has 0 saturated carbocycles. The van der Waals surface area contributed by atoms with E-state index in [9.17, 15) is 9.59 Å². The number of likely N-dealkylation sites (tertiary alicyclic amines) is 1. The summed E-state index contributed by atoms with van der Waals surface area (Å²) >= 11 is 0. The highest BCUT2D eigenvalue weighted by molar-refractivity contribution is 5.73. The lowest BCUT2D eigenvalue weighted by atomic mass is 10.1. The minimum absolute atomic E-state index is 0.0411. The van der Waals surface area contributed by atoms with Crippen LogP contribution in [0.15, 0.2) is 24.3 Å². The van der Waals surface area contributed by atoms with Crippen LogP contribution in [0, 0.1) is 0 Å². The number of amides is 2. The smallest absolute Gasteiger partial charge is 0.409 e. The molecular weight excluding hydrogens is 296 g/mol. The maximum atomic E-state index is 11.9. The third kappa shape index (κ3) is 5.47. The Kier molecular flexibility index (Phi) is 6.26. The molecule has 0 aromatic heterocycles. The van der Waals surface area contributed by atoms with Gasteiger partial charge in [0, 0.05) is 26.1 Å². The zero-order valence-electron chi connectivity index (χ0n) is 13.7. The van der Waals surface area contributed by atoms with Crippen molar-refractivity contribution >= 4 is 12.0 Å². The van der Waals surface area contributed by atoms with Gasteiger partial charge in [-0.3, -0.25) is 4.79 Å². The van der Waals surface area contributed by atoms with Gasteiger partial charge >= 0.3 is 6.09 Å². The van der Waals surface area contributed by atoms with Crippen molar-refractivity contribution in [3.63, 3.8) is 0 Å². The number of hydrogen-bond acceptors (Lipinski definition) is 4. The highest BCUT2D eigenvalue weighted by Gasteiger charge is 2.27. The molecule has 126 valence electrons. The van der Waals surface area contributed by atoms with Crippen LogP contribution in [0.2, 0.25) is 0 Å². The first kappa shape index (κ1) is 17.1. The van der Waals surface area contributed by atoms with Crippen LogP contribution in [0.4, 0.5) is 4.79 Å². The number of aryl methyl sites for hydroxylation is 1. The number of ether oxygens (including phenoxy) is 2. The molecule has 1 unspecified atom stereocenters. The fourth-order valence-electron chi connectivity index (χ4n) is 2.65. The molecule has 1 aromatic rings. The van der Waals surface area contributed by atoms with Gasteiger partial charge in [-0.05, 0) is 37.0 Å². The number of hydrogen-bond donors (Lipinski definition) is 1. The summed E-state index contributed by atoms with van der Waals surface area (Å²) in [6.07, 6.45) is 2.11. The molecule has 0 spiro atoms. The fraction of sp³-hybridized carbons (Fsp3) is 0.529. The summed E-state index contributed by atoms with van der Waals surface area (Å²) in [6.45, 7) is 3.03. The van der Waals surface area contributed by atoms with E-state index in [4.69, 9.17) is 9.47 Å². The Morgan fingerprint density at radius 2 is 2.04 bits per heavy atom. The summed E-state index contributed by atoms with van der Waals surface area (Å²) in [7, 11) is 1.64. The molecular formula is C17H24N2O4. The van der Waals surface area contributed by atoms with Crippen molar-refractivity contribution in [1.29, 1.82) is 0 Å². The van der Waals surface area contributed by atoms with Crippen molar-refractivity contribution in [2.24, 2.45) is 0 Å². The Labute approximate surface area is 136 Å².